The maximum Gasteiger partial charge on any atom is 0.319 e. The average Bonchev–Trinajstić information content (AvgIpc) is 3.07. The highest BCUT2D eigenvalue weighted by Crippen LogP contribution is 2.31. The summed E-state index contributed by atoms with van der Waals surface area (Å²) in [7, 11) is -2.14. The maximum atomic E-state index is 12.6. The van der Waals surface area contributed by atoms with Gasteiger partial charge in [0.15, 0.2) is 0 Å². The summed E-state index contributed by atoms with van der Waals surface area (Å²) < 4.78 is 32.0. The standard InChI is InChI=1S/C15H23N3O4S/c1-3-8-16-15(19)17-12-6-7-14(13(11-12)22-2)23(20,21)18-9-4-5-10-18/h6-7,11H,3-5,8-10H2,1-2H3,(H2,16,17,19). The van der Waals surface area contributed by atoms with Crippen LogP contribution in [0.2, 0.25) is 0 Å². The van der Waals surface area contributed by atoms with Gasteiger partial charge in [0.25, 0.3) is 0 Å². The Morgan fingerprint density at radius 1 is 1.30 bits per heavy atom. The monoisotopic (exact) mass is 341 g/mol. The van der Waals surface area contributed by atoms with Gasteiger partial charge in [0.1, 0.15) is 10.6 Å². The van der Waals surface area contributed by atoms with Crippen molar-refractivity contribution in [3.63, 3.8) is 0 Å². The van der Waals surface area contributed by atoms with Crippen molar-refractivity contribution in [3.8, 4) is 5.75 Å². The first-order valence-electron chi connectivity index (χ1n) is 7.72. The zero-order chi connectivity index (χ0) is 16.9. The lowest BCUT2D eigenvalue weighted by Crippen LogP contribution is -2.29. The number of amides is 2. The number of ether oxygens (including phenoxy) is 1. The van der Waals surface area contributed by atoms with Gasteiger partial charge in [0.2, 0.25) is 10.0 Å². The fourth-order valence-corrected chi connectivity index (χ4v) is 4.09. The van der Waals surface area contributed by atoms with Crippen molar-refractivity contribution in [3.05, 3.63) is 18.2 Å². The molecule has 2 N–H and O–H groups in total. The van der Waals surface area contributed by atoms with Crippen LogP contribution in [-0.2, 0) is 10.0 Å². The Labute approximate surface area is 137 Å². The molecule has 1 aliphatic rings. The minimum Gasteiger partial charge on any atom is -0.495 e. The van der Waals surface area contributed by atoms with Crippen LogP contribution in [0.25, 0.3) is 0 Å². The summed E-state index contributed by atoms with van der Waals surface area (Å²) >= 11 is 0. The lowest BCUT2D eigenvalue weighted by molar-refractivity contribution is 0.252. The predicted octanol–water partition coefficient (Wildman–Crippen LogP) is 2.01. The number of benzene rings is 1. The molecule has 1 saturated heterocycles. The molecule has 0 radical (unpaired) electrons. The van der Waals surface area contributed by atoms with Gasteiger partial charge < -0.3 is 15.4 Å². The number of hydrogen-bond acceptors (Lipinski definition) is 4. The van der Waals surface area contributed by atoms with Gasteiger partial charge >= 0.3 is 6.03 Å². The van der Waals surface area contributed by atoms with Crippen LogP contribution >= 0.6 is 0 Å². The van der Waals surface area contributed by atoms with Crippen molar-refractivity contribution in [2.24, 2.45) is 0 Å². The second-order valence-electron chi connectivity index (χ2n) is 5.36. The molecular formula is C15H23N3O4S. The first kappa shape index (κ1) is 17.6. The molecule has 1 fully saturated rings. The fraction of sp³-hybridized carbons (Fsp3) is 0.533. The van der Waals surface area contributed by atoms with E-state index < -0.39 is 10.0 Å². The Kier molecular flexibility index (Phi) is 5.84. The number of carbonyl (C=O) groups excluding carboxylic acids is 1. The lowest BCUT2D eigenvalue weighted by atomic mass is 10.3. The highest BCUT2D eigenvalue weighted by molar-refractivity contribution is 7.89. The van der Waals surface area contributed by atoms with Crippen LogP contribution in [-0.4, -0.2) is 45.5 Å². The van der Waals surface area contributed by atoms with E-state index >= 15 is 0 Å². The van der Waals surface area contributed by atoms with Crippen molar-refractivity contribution in [2.75, 3.05) is 32.1 Å². The SMILES string of the molecule is CCCNC(=O)Nc1ccc(S(=O)(=O)N2CCCC2)c(OC)c1. The highest BCUT2D eigenvalue weighted by Gasteiger charge is 2.30. The zero-order valence-corrected chi connectivity index (χ0v) is 14.3. The zero-order valence-electron chi connectivity index (χ0n) is 13.5. The van der Waals surface area contributed by atoms with Gasteiger partial charge in [-0.2, -0.15) is 4.31 Å². The van der Waals surface area contributed by atoms with E-state index in [2.05, 4.69) is 10.6 Å². The molecule has 128 valence electrons. The second-order valence-corrected chi connectivity index (χ2v) is 7.26. The topological polar surface area (TPSA) is 87.7 Å². The van der Waals surface area contributed by atoms with Gasteiger partial charge in [-0.25, -0.2) is 13.2 Å². The molecule has 1 aromatic carbocycles. The first-order chi connectivity index (χ1) is 11.0. The molecule has 0 atom stereocenters. The predicted molar refractivity (Wildman–Crippen MR) is 88.3 cm³/mol. The van der Waals surface area contributed by atoms with Crippen LogP contribution in [0.4, 0.5) is 10.5 Å². The highest BCUT2D eigenvalue weighted by atomic mass is 32.2. The average molecular weight is 341 g/mol. The van der Waals surface area contributed by atoms with E-state index in [9.17, 15) is 13.2 Å². The number of hydrogen-bond donors (Lipinski definition) is 2. The molecule has 0 bridgehead atoms. The van der Waals surface area contributed by atoms with Crippen LogP contribution < -0.4 is 15.4 Å². The smallest absolute Gasteiger partial charge is 0.319 e. The molecule has 2 rings (SSSR count). The third-order valence-electron chi connectivity index (χ3n) is 3.64. The second kappa shape index (κ2) is 7.65. The number of methoxy groups -OCH3 is 1. The van der Waals surface area contributed by atoms with E-state index in [1.807, 2.05) is 6.92 Å². The Morgan fingerprint density at radius 3 is 2.61 bits per heavy atom. The van der Waals surface area contributed by atoms with E-state index in [-0.39, 0.29) is 16.7 Å². The Hall–Kier alpha value is -1.80. The normalized spacial score (nSPS) is 15.4. The van der Waals surface area contributed by atoms with Gasteiger partial charge in [-0.3, -0.25) is 0 Å². The molecule has 7 nitrogen and oxygen atoms in total. The summed E-state index contributed by atoms with van der Waals surface area (Å²) in [6.45, 7) is 3.60. The quantitative estimate of drug-likeness (QED) is 0.828. The number of nitrogens with zero attached hydrogens (tertiary/aromatic N) is 1. The van der Waals surface area contributed by atoms with Crippen molar-refractivity contribution in [2.45, 2.75) is 31.1 Å². The molecule has 1 heterocycles. The minimum atomic E-state index is -3.56. The molecule has 8 heteroatoms. The van der Waals surface area contributed by atoms with Gasteiger partial charge in [0, 0.05) is 31.4 Å². The molecule has 0 saturated carbocycles. The molecule has 23 heavy (non-hydrogen) atoms. The van der Waals surface area contributed by atoms with Crippen molar-refractivity contribution in [1.82, 2.24) is 9.62 Å². The van der Waals surface area contributed by atoms with Crippen LogP contribution in [0.5, 0.6) is 5.75 Å². The molecule has 1 aromatic rings. The molecule has 0 unspecified atom stereocenters. The maximum absolute atomic E-state index is 12.6. The lowest BCUT2D eigenvalue weighted by Gasteiger charge is -2.18. The van der Waals surface area contributed by atoms with E-state index in [1.54, 1.807) is 6.07 Å². The molecule has 2 amide bonds. The van der Waals surface area contributed by atoms with Crippen LogP contribution in [0, 0.1) is 0 Å². The number of nitrogens with one attached hydrogen (secondary N) is 2. The number of urea groups is 1. The first-order valence-corrected chi connectivity index (χ1v) is 9.16. The molecule has 0 aromatic heterocycles. The molecule has 0 spiro atoms. The summed E-state index contributed by atoms with van der Waals surface area (Å²) in [6, 6.07) is 4.23. The van der Waals surface area contributed by atoms with Crippen molar-refractivity contribution >= 4 is 21.7 Å². The fourth-order valence-electron chi connectivity index (χ4n) is 2.44. The van der Waals surface area contributed by atoms with E-state index in [4.69, 9.17) is 4.74 Å². The van der Waals surface area contributed by atoms with Crippen LogP contribution in [0.3, 0.4) is 0 Å². The number of sulfonamides is 1. The molecule has 1 aliphatic heterocycles. The number of anilines is 1. The number of rotatable bonds is 6. The largest absolute Gasteiger partial charge is 0.495 e. The summed E-state index contributed by atoms with van der Waals surface area (Å²) in [5, 5.41) is 5.35. The van der Waals surface area contributed by atoms with Crippen molar-refractivity contribution in [1.29, 1.82) is 0 Å². The number of carbonyl (C=O) groups is 1. The molecular weight excluding hydrogens is 318 g/mol. The van der Waals surface area contributed by atoms with E-state index in [0.717, 1.165) is 19.3 Å². The van der Waals surface area contributed by atoms with Gasteiger partial charge in [-0.05, 0) is 31.4 Å². The Morgan fingerprint density at radius 2 is 2.00 bits per heavy atom. The third-order valence-corrected chi connectivity index (χ3v) is 5.58. The third kappa shape index (κ3) is 4.14. The van der Waals surface area contributed by atoms with Gasteiger partial charge in [0.05, 0.1) is 7.11 Å². The Bertz CT molecular complexity index is 655. The summed E-state index contributed by atoms with van der Waals surface area (Å²) in [5.41, 5.74) is 0.482. The van der Waals surface area contributed by atoms with E-state index in [1.165, 1.54) is 23.5 Å². The van der Waals surface area contributed by atoms with Crippen LogP contribution in [0.1, 0.15) is 26.2 Å². The summed E-state index contributed by atoms with van der Waals surface area (Å²) in [4.78, 5) is 11.8. The molecule has 0 aliphatic carbocycles. The summed E-state index contributed by atoms with van der Waals surface area (Å²) in [5.74, 6) is 0.227. The Balaban J connectivity index is 2.21. The van der Waals surface area contributed by atoms with Crippen LogP contribution in [0.15, 0.2) is 23.1 Å². The summed E-state index contributed by atoms with van der Waals surface area (Å²) in [6.07, 6.45) is 2.58. The van der Waals surface area contributed by atoms with Gasteiger partial charge in [-0.1, -0.05) is 6.92 Å². The van der Waals surface area contributed by atoms with E-state index in [0.29, 0.717) is 25.3 Å². The minimum absolute atomic E-state index is 0.126. The van der Waals surface area contributed by atoms with Crippen molar-refractivity contribution < 1.29 is 17.9 Å². The van der Waals surface area contributed by atoms with Gasteiger partial charge in [-0.15, -0.1) is 0 Å².